The molecule has 3 aromatic rings. The first kappa shape index (κ1) is 61.9. The molecule has 0 amide bonds. The van der Waals surface area contributed by atoms with Crippen LogP contribution in [-0.4, -0.2) is 211 Å². The number of ether oxygens (including phenoxy) is 18. The number of hydrogen-bond acceptors (Lipinski definition) is 18. The maximum atomic E-state index is 5.95. The summed E-state index contributed by atoms with van der Waals surface area (Å²) in [5, 5.41) is 0. The number of rotatable bonds is 54. The van der Waals surface area contributed by atoms with E-state index in [1.165, 1.54) is 0 Å². The highest BCUT2D eigenvalue weighted by Gasteiger charge is 2.07. The lowest BCUT2D eigenvalue weighted by atomic mass is 10.2. The molecule has 0 aliphatic rings. The van der Waals surface area contributed by atoms with Crippen LogP contribution in [0.25, 0.3) is 0 Å². The molecule has 0 bridgehead atoms. The van der Waals surface area contributed by atoms with Gasteiger partial charge in [-0.25, -0.2) is 0 Å². The van der Waals surface area contributed by atoms with E-state index in [0.717, 1.165) is 16.7 Å². The van der Waals surface area contributed by atoms with Crippen LogP contribution in [0.2, 0.25) is 0 Å². The van der Waals surface area contributed by atoms with E-state index in [1.807, 2.05) is 85.8 Å². The van der Waals surface area contributed by atoms with E-state index in [0.29, 0.717) is 236 Å². The average Bonchev–Trinajstić information content (AvgIpc) is 3.39. The van der Waals surface area contributed by atoms with Gasteiger partial charge in [0.2, 0.25) is 0 Å². The maximum Gasteiger partial charge on any atom is 0.161 e. The Labute approximate surface area is 422 Å². The van der Waals surface area contributed by atoms with E-state index in [1.54, 1.807) is 0 Å². The molecule has 0 radical (unpaired) electrons. The summed E-state index contributed by atoms with van der Waals surface area (Å²) in [6.45, 7) is 18.8. The van der Waals surface area contributed by atoms with E-state index < -0.39 is 0 Å². The third kappa shape index (κ3) is 39.8. The van der Waals surface area contributed by atoms with Crippen molar-refractivity contribution in [3.8, 4) is 11.5 Å². The zero-order valence-corrected chi connectivity index (χ0v) is 42.4. The molecule has 3 rings (SSSR count). The Balaban J connectivity index is 0.955. The predicted molar refractivity (Wildman–Crippen MR) is 266 cm³/mol. The van der Waals surface area contributed by atoms with Crippen molar-refractivity contribution in [3.05, 3.63) is 95.6 Å². The summed E-state index contributed by atoms with van der Waals surface area (Å²) in [5.74, 6) is 1.32. The van der Waals surface area contributed by atoms with E-state index in [4.69, 9.17) is 85.3 Å². The van der Waals surface area contributed by atoms with Crippen molar-refractivity contribution in [3.63, 3.8) is 0 Å². The predicted octanol–water partition coefficient (Wildman–Crippen LogP) is 5.42. The first-order chi connectivity index (χ1) is 35.3. The highest BCUT2D eigenvalue weighted by molar-refractivity contribution is 5.42. The zero-order chi connectivity index (χ0) is 49.8. The Morgan fingerprint density at radius 3 is 0.718 bits per heavy atom. The molecule has 0 aliphatic carbocycles. The fraction of sp³-hybridized carbons (Fsp3) is 0.660. The van der Waals surface area contributed by atoms with Crippen molar-refractivity contribution in [2.75, 3.05) is 211 Å². The first-order valence-corrected chi connectivity index (χ1v) is 25.0. The molecule has 18 heteroatoms. The van der Waals surface area contributed by atoms with Gasteiger partial charge in [-0.05, 0) is 35.7 Å². The van der Waals surface area contributed by atoms with Crippen LogP contribution < -0.4 is 9.47 Å². The van der Waals surface area contributed by atoms with Gasteiger partial charge in [-0.15, -0.1) is 0 Å². The van der Waals surface area contributed by atoms with Crippen molar-refractivity contribution in [2.45, 2.75) is 20.1 Å². The summed E-state index contributed by atoms with van der Waals surface area (Å²) in [6, 6.07) is 26.0. The normalized spacial score (nSPS) is 11.5. The van der Waals surface area contributed by atoms with Gasteiger partial charge in [-0.1, -0.05) is 66.7 Å². The van der Waals surface area contributed by atoms with Gasteiger partial charge in [0.1, 0.15) is 13.2 Å². The van der Waals surface area contributed by atoms with Crippen molar-refractivity contribution in [1.29, 1.82) is 0 Å². The first-order valence-electron chi connectivity index (χ1n) is 25.0. The highest BCUT2D eigenvalue weighted by Crippen LogP contribution is 2.28. The lowest BCUT2D eigenvalue weighted by molar-refractivity contribution is -0.0242. The molecular formula is C53H84O18. The van der Waals surface area contributed by atoms with Gasteiger partial charge >= 0.3 is 0 Å². The van der Waals surface area contributed by atoms with E-state index in [2.05, 4.69) is 0 Å². The molecule has 0 saturated heterocycles. The van der Waals surface area contributed by atoms with E-state index >= 15 is 0 Å². The highest BCUT2D eigenvalue weighted by atomic mass is 16.6. The van der Waals surface area contributed by atoms with Gasteiger partial charge in [0.25, 0.3) is 0 Å². The molecule has 0 aliphatic heterocycles. The molecule has 0 aromatic heterocycles. The van der Waals surface area contributed by atoms with Crippen LogP contribution in [0.5, 0.6) is 11.5 Å². The van der Waals surface area contributed by atoms with E-state index in [-0.39, 0.29) is 0 Å². The minimum atomic E-state index is 0.381. The van der Waals surface area contributed by atoms with Crippen LogP contribution in [0.15, 0.2) is 78.9 Å². The van der Waals surface area contributed by atoms with Crippen molar-refractivity contribution in [1.82, 2.24) is 0 Å². The maximum absolute atomic E-state index is 5.95. The van der Waals surface area contributed by atoms with Crippen LogP contribution in [0.1, 0.15) is 16.7 Å². The van der Waals surface area contributed by atoms with Gasteiger partial charge in [0.05, 0.1) is 211 Å². The molecule has 404 valence electrons. The molecule has 0 N–H and O–H groups in total. The Kier molecular flexibility index (Phi) is 42.6. The van der Waals surface area contributed by atoms with Gasteiger partial charge in [0.15, 0.2) is 11.5 Å². The van der Waals surface area contributed by atoms with Crippen molar-refractivity contribution in [2.24, 2.45) is 0 Å². The Morgan fingerprint density at radius 1 is 0.225 bits per heavy atom. The van der Waals surface area contributed by atoms with Crippen molar-refractivity contribution < 1.29 is 85.3 Å². The molecule has 71 heavy (non-hydrogen) atoms. The van der Waals surface area contributed by atoms with Crippen LogP contribution in [0.3, 0.4) is 0 Å². The second-order valence-electron chi connectivity index (χ2n) is 15.3. The molecular weight excluding hydrogens is 925 g/mol. The summed E-state index contributed by atoms with van der Waals surface area (Å²) in [7, 11) is 0. The second kappa shape index (κ2) is 48.9. The molecule has 3 aromatic carbocycles. The third-order valence-electron chi connectivity index (χ3n) is 9.50. The third-order valence-corrected chi connectivity index (χ3v) is 9.50. The Morgan fingerprint density at radius 2 is 0.451 bits per heavy atom. The zero-order valence-electron chi connectivity index (χ0n) is 42.4. The van der Waals surface area contributed by atoms with Gasteiger partial charge in [0, 0.05) is 0 Å². The summed E-state index contributed by atoms with van der Waals surface area (Å²) >= 11 is 0. The molecule has 0 heterocycles. The lowest BCUT2D eigenvalue weighted by Crippen LogP contribution is -2.15. The molecule has 18 nitrogen and oxygen atoms in total. The molecule has 0 spiro atoms. The van der Waals surface area contributed by atoms with E-state index in [9.17, 15) is 0 Å². The number of aryl methyl sites for hydroxylation is 1. The number of benzene rings is 3. The van der Waals surface area contributed by atoms with Gasteiger partial charge in [-0.3, -0.25) is 0 Å². The monoisotopic (exact) mass is 1010 g/mol. The van der Waals surface area contributed by atoms with Gasteiger partial charge < -0.3 is 85.3 Å². The largest absolute Gasteiger partial charge is 0.487 e. The lowest BCUT2D eigenvalue weighted by Gasteiger charge is -2.14. The molecule has 0 unspecified atom stereocenters. The van der Waals surface area contributed by atoms with Gasteiger partial charge in [-0.2, -0.15) is 0 Å². The van der Waals surface area contributed by atoms with Crippen LogP contribution in [-0.2, 0) is 89.0 Å². The van der Waals surface area contributed by atoms with Crippen LogP contribution >= 0.6 is 0 Å². The quantitative estimate of drug-likeness (QED) is 0.0658. The summed E-state index contributed by atoms with van der Waals surface area (Å²) in [4.78, 5) is 0. The number of hydrogen-bond donors (Lipinski definition) is 0. The Bertz CT molecular complexity index is 1540. The minimum Gasteiger partial charge on any atom is -0.487 e. The topological polar surface area (TPSA) is 166 Å². The summed E-state index contributed by atoms with van der Waals surface area (Å²) < 4.78 is 101. The average molecular weight is 1010 g/mol. The SMILES string of the molecule is Cc1ccc(OCCOCCOCCOCCOCCOCCOCCOCCOCc2ccccc2)c(OCCOCCOCCOCCOCCOCCOCCOCCOCc2ccccc2)c1. The summed E-state index contributed by atoms with van der Waals surface area (Å²) in [5.41, 5.74) is 3.38. The van der Waals surface area contributed by atoms with Crippen LogP contribution in [0, 0.1) is 6.92 Å². The van der Waals surface area contributed by atoms with Crippen LogP contribution in [0.4, 0.5) is 0 Å². The van der Waals surface area contributed by atoms with Crippen molar-refractivity contribution >= 4 is 0 Å². The fourth-order valence-electron chi connectivity index (χ4n) is 5.88. The molecule has 0 saturated carbocycles. The smallest absolute Gasteiger partial charge is 0.161 e. The summed E-state index contributed by atoms with van der Waals surface area (Å²) in [6.07, 6.45) is 0. The minimum absolute atomic E-state index is 0.381. The fourth-order valence-corrected chi connectivity index (χ4v) is 5.88. The Hall–Kier alpha value is -3.38. The molecule has 0 fully saturated rings. The second-order valence-corrected chi connectivity index (χ2v) is 15.3. The molecule has 0 atom stereocenters. The standard InChI is InChI=1S/C53H84O18/c1-49-12-13-52(70-44-42-66-36-34-62-28-26-58-20-18-54-14-16-56-22-24-60-30-32-64-38-40-68-47-50-8-4-2-5-9-50)53(46-49)71-45-43-67-37-35-63-29-27-59-21-19-55-15-17-57-23-25-61-31-33-65-39-41-69-48-51-10-6-3-7-11-51/h2-13,46H,14-45,47-48H2,1H3.